The quantitative estimate of drug-likeness (QED) is 0.388. The zero-order chi connectivity index (χ0) is 12.2. The third kappa shape index (κ3) is 4.42. The van der Waals surface area contributed by atoms with Crippen LogP contribution < -0.4 is 0 Å². The minimum Gasteiger partial charge on any atom is -0.440 e. The van der Waals surface area contributed by atoms with Crippen molar-refractivity contribution in [3.63, 3.8) is 0 Å². The summed E-state index contributed by atoms with van der Waals surface area (Å²) in [5.41, 5.74) is 0.250. The van der Waals surface area contributed by atoms with E-state index in [9.17, 15) is 15.0 Å². The lowest BCUT2D eigenvalue weighted by Gasteiger charge is -2.31. The van der Waals surface area contributed by atoms with Crippen LogP contribution in [-0.4, -0.2) is 46.7 Å². The molecule has 0 saturated heterocycles. The Bertz CT molecular complexity index is 238. The fraction of sp³-hybridized carbons (Fsp3) is 0.700. The van der Waals surface area contributed by atoms with Crippen molar-refractivity contribution in [2.24, 2.45) is 0 Å². The van der Waals surface area contributed by atoms with E-state index < -0.39 is 24.5 Å². The minimum atomic E-state index is -0.895. The molecular weight excluding hydrogens is 198 g/mol. The van der Waals surface area contributed by atoms with Crippen molar-refractivity contribution in [1.29, 1.82) is 0 Å². The summed E-state index contributed by atoms with van der Waals surface area (Å²) in [5, 5.41) is 18.7. The zero-order valence-electron chi connectivity index (χ0n) is 9.60. The molecule has 0 saturated carbocycles. The number of carbonyl (C=O) groups is 1. The highest BCUT2D eigenvalue weighted by molar-refractivity contribution is 5.87. The maximum absolute atomic E-state index is 11.2. The van der Waals surface area contributed by atoms with Gasteiger partial charge in [0, 0.05) is 5.57 Å². The van der Waals surface area contributed by atoms with Gasteiger partial charge in [-0.25, -0.2) is 9.69 Å². The number of likely N-dealkylation sites (N-methyl/N-ethyl adjacent to an activating group) is 1. The van der Waals surface area contributed by atoms with E-state index in [2.05, 4.69) is 6.58 Å². The molecule has 0 heterocycles. The molecule has 5 heteroatoms. The van der Waals surface area contributed by atoms with E-state index in [0.717, 1.165) is 0 Å². The Morgan fingerprint density at radius 1 is 1.40 bits per heavy atom. The second-order valence-electron chi connectivity index (χ2n) is 3.61. The van der Waals surface area contributed by atoms with Crippen LogP contribution in [0.15, 0.2) is 12.2 Å². The Morgan fingerprint density at radius 3 is 2.13 bits per heavy atom. The SMILES string of the molecule is C=C(C)C(=O)OC(C(C)O)N(C)C(C)O. The first kappa shape index (κ1) is 14.1. The highest BCUT2D eigenvalue weighted by atomic mass is 16.6. The number of esters is 1. The molecule has 0 aliphatic heterocycles. The van der Waals surface area contributed by atoms with Gasteiger partial charge in [0.1, 0.15) is 12.3 Å². The van der Waals surface area contributed by atoms with E-state index in [1.807, 2.05) is 0 Å². The highest BCUT2D eigenvalue weighted by Crippen LogP contribution is 2.09. The van der Waals surface area contributed by atoms with E-state index in [4.69, 9.17) is 4.74 Å². The molecule has 5 nitrogen and oxygen atoms in total. The van der Waals surface area contributed by atoms with Crippen LogP contribution in [0.2, 0.25) is 0 Å². The second kappa shape index (κ2) is 5.85. The Kier molecular flexibility index (Phi) is 5.49. The van der Waals surface area contributed by atoms with Gasteiger partial charge in [0.2, 0.25) is 0 Å². The summed E-state index contributed by atoms with van der Waals surface area (Å²) < 4.78 is 4.97. The molecule has 0 spiro atoms. The zero-order valence-corrected chi connectivity index (χ0v) is 9.60. The third-order valence-electron chi connectivity index (χ3n) is 1.98. The number of nitrogens with zero attached hydrogens (tertiary/aromatic N) is 1. The Balaban J connectivity index is 4.55. The fourth-order valence-corrected chi connectivity index (χ4v) is 0.945. The summed E-state index contributed by atoms with van der Waals surface area (Å²) in [6.45, 7) is 7.95. The molecule has 0 fully saturated rings. The first-order valence-electron chi connectivity index (χ1n) is 4.72. The molecule has 15 heavy (non-hydrogen) atoms. The number of aliphatic hydroxyl groups is 2. The number of rotatable bonds is 5. The molecule has 0 aromatic heterocycles. The fourth-order valence-electron chi connectivity index (χ4n) is 0.945. The van der Waals surface area contributed by atoms with Crippen molar-refractivity contribution in [2.45, 2.75) is 39.3 Å². The average Bonchev–Trinajstić information content (AvgIpc) is 2.11. The van der Waals surface area contributed by atoms with Gasteiger partial charge in [0.25, 0.3) is 0 Å². The first-order chi connectivity index (χ1) is 6.77. The molecule has 0 radical (unpaired) electrons. The monoisotopic (exact) mass is 217 g/mol. The van der Waals surface area contributed by atoms with Crippen molar-refractivity contribution < 1.29 is 19.7 Å². The summed E-state index contributed by atoms with van der Waals surface area (Å²) in [5.74, 6) is -0.589. The van der Waals surface area contributed by atoms with Crippen molar-refractivity contribution in [2.75, 3.05) is 7.05 Å². The van der Waals surface area contributed by atoms with E-state index in [1.54, 1.807) is 7.05 Å². The summed E-state index contributed by atoms with van der Waals surface area (Å²) in [7, 11) is 1.55. The largest absolute Gasteiger partial charge is 0.440 e. The van der Waals surface area contributed by atoms with Gasteiger partial charge < -0.3 is 14.9 Å². The Labute approximate surface area is 90.0 Å². The van der Waals surface area contributed by atoms with Gasteiger partial charge in [-0.1, -0.05) is 6.58 Å². The standard InChI is InChI=1S/C10H19NO4/c1-6(2)10(14)15-9(7(3)12)11(5)8(4)13/h7-9,12-13H,1H2,2-5H3. The van der Waals surface area contributed by atoms with Gasteiger partial charge >= 0.3 is 5.97 Å². The number of aliphatic hydroxyl groups excluding tert-OH is 2. The molecule has 0 aliphatic rings. The molecule has 3 unspecified atom stereocenters. The first-order valence-corrected chi connectivity index (χ1v) is 4.72. The number of carbonyl (C=O) groups excluding carboxylic acids is 1. The Morgan fingerprint density at radius 2 is 1.87 bits per heavy atom. The van der Waals surface area contributed by atoms with Crippen molar-refractivity contribution in [3.05, 3.63) is 12.2 Å². The van der Waals surface area contributed by atoms with Crippen molar-refractivity contribution in [1.82, 2.24) is 4.90 Å². The summed E-state index contributed by atoms with van der Waals surface area (Å²) in [6.07, 6.45) is -2.59. The van der Waals surface area contributed by atoms with Crippen LogP contribution in [0.5, 0.6) is 0 Å². The van der Waals surface area contributed by atoms with Crippen LogP contribution in [0.4, 0.5) is 0 Å². The molecule has 0 bridgehead atoms. The molecule has 3 atom stereocenters. The molecule has 2 N–H and O–H groups in total. The van der Waals surface area contributed by atoms with E-state index in [1.165, 1.54) is 25.7 Å². The topological polar surface area (TPSA) is 70.0 Å². The highest BCUT2D eigenvalue weighted by Gasteiger charge is 2.26. The lowest BCUT2D eigenvalue weighted by atomic mass is 10.3. The van der Waals surface area contributed by atoms with Crippen LogP contribution in [0.1, 0.15) is 20.8 Å². The maximum Gasteiger partial charge on any atom is 0.334 e. The van der Waals surface area contributed by atoms with Gasteiger partial charge in [-0.3, -0.25) is 0 Å². The van der Waals surface area contributed by atoms with Gasteiger partial charge in [0.15, 0.2) is 6.23 Å². The number of hydrogen-bond donors (Lipinski definition) is 2. The van der Waals surface area contributed by atoms with Crippen molar-refractivity contribution >= 4 is 5.97 Å². The second-order valence-corrected chi connectivity index (χ2v) is 3.61. The third-order valence-corrected chi connectivity index (χ3v) is 1.98. The molecular formula is C10H19NO4. The summed E-state index contributed by atoms with van der Waals surface area (Å²) in [4.78, 5) is 12.6. The minimum absolute atomic E-state index is 0.250. The van der Waals surface area contributed by atoms with Gasteiger partial charge in [-0.05, 0) is 27.8 Å². The van der Waals surface area contributed by atoms with Crippen LogP contribution >= 0.6 is 0 Å². The number of ether oxygens (including phenoxy) is 1. The lowest BCUT2D eigenvalue weighted by molar-refractivity contribution is -0.177. The molecule has 0 aromatic rings. The smallest absolute Gasteiger partial charge is 0.334 e. The number of hydrogen-bond acceptors (Lipinski definition) is 5. The average molecular weight is 217 g/mol. The van der Waals surface area contributed by atoms with Gasteiger partial charge in [-0.15, -0.1) is 0 Å². The molecule has 0 aromatic carbocycles. The summed E-state index contributed by atoms with van der Waals surface area (Å²) in [6, 6.07) is 0. The lowest BCUT2D eigenvalue weighted by Crippen LogP contribution is -2.47. The van der Waals surface area contributed by atoms with E-state index in [-0.39, 0.29) is 5.57 Å². The van der Waals surface area contributed by atoms with Gasteiger partial charge in [0.05, 0.1) is 0 Å². The molecule has 0 aliphatic carbocycles. The predicted octanol–water partition coefficient (Wildman–Crippen LogP) is 0.0827. The molecule has 88 valence electrons. The van der Waals surface area contributed by atoms with Crippen LogP contribution in [0.25, 0.3) is 0 Å². The van der Waals surface area contributed by atoms with Crippen LogP contribution in [-0.2, 0) is 9.53 Å². The molecule has 0 rings (SSSR count). The maximum atomic E-state index is 11.2. The van der Waals surface area contributed by atoms with Crippen LogP contribution in [0.3, 0.4) is 0 Å². The molecule has 0 amide bonds. The van der Waals surface area contributed by atoms with E-state index >= 15 is 0 Å². The van der Waals surface area contributed by atoms with Crippen LogP contribution in [0, 0.1) is 0 Å². The van der Waals surface area contributed by atoms with Crippen molar-refractivity contribution in [3.8, 4) is 0 Å². The van der Waals surface area contributed by atoms with Gasteiger partial charge in [-0.2, -0.15) is 0 Å². The normalized spacial score (nSPS) is 17.0. The van der Waals surface area contributed by atoms with E-state index in [0.29, 0.717) is 0 Å². The summed E-state index contributed by atoms with van der Waals surface area (Å²) >= 11 is 0. The predicted molar refractivity (Wildman–Crippen MR) is 55.8 cm³/mol. The Hall–Kier alpha value is -0.910.